The third kappa shape index (κ3) is 3.37. The van der Waals surface area contributed by atoms with Crippen LogP contribution in [-0.2, 0) is 0 Å². The molecule has 0 unspecified atom stereocenters. The number of anilines is 1. The molecule has 1 N–H and O–H groups in total. The molecular formula is C14H14BrN3OS. The number of hydrogen-bond acceptors (Lipinski definition) is 4. The van der Waals surface area contributed by atoms with Gasteiger partial charge in [-0.25, -0.2) is 9.97 Å². The van der Waals surface area contributed by atoms with Gasteiger partial charge in [0.15, 0.2) is 5.16 Å². The summed E-state index contributed by atoms with van der Waals surface area (Å²) < 4.78 is 0.580. The van der Waals surface area contributed by atoms with Gasteiger partial charge in [0.25, 0.3) is 5.91 Å². The molecule has 4 nitrogen and oxygen atoms in total. The highest BCUT2D eigenvalue weighted by Crippen LogP contribution is 2.20. The topological polar surface area (TPSA) is 54.9 Å². The maximum absolute atomic E-state index is 12.3. The Morgan fingerprint density at radius 2 is 2.05 bits per heavy atom. The summed E-state index contributed by atoms with van der Waals surface area (Å²) in [5.74, 6) is -0.252. The minimum absolute atomic E-state index is 0.252. The maximum atomic E-state index is 12.3. The second kappa shape index (κ2) is 6.37. The Morgan fingerprint density at radius 1 is 1.30 bits per heavy atom. The molecule has 20 heavy (non-hydrogen) atoms. The van der Waals surface area contributed by atoms with Gasteiger partial charge in [-0.3, -0.25) is 4.79 Å². The van der Waals surface area contributed by atoms with Crippen LogP contribution in [-0.4, -0.2) is 22.1 Å². The molecule has 0 saturated heterocycles. The second-order valence-corrected chi connectivity index (χ2v) is 5.93. The van der Waals surface area contributed by atoms with Gasteiger partial charge in [-0.05, 0) is 59.3 Å². The van der Waals surface area contributed by atoms with Gasteiger partial charge in [0.1, 0.15) is 5.69 Å². The van der Waals surface area contributed by atoms with Gasteiger partial charge in [0, 0.05) is 11.9 Å². The van der Waals surface area contributed by atoms with Gasteiger partial charge in [0.2, 0.25) is 0 Å². The number of hydrogen-bond donors (Lipinski definition) is 1. The van der Waals surface area contributed by atoms with Crippen molar-refractivity contribution in [2.45, 2.75) is 19.0 Å². The van der Waals surface area contributed by atoms with Crippen molar-refractivity contribution in [1.82, 2.24) is 9.97 Å². The summed E-state index contributed by atoms with van der Waals surface area (Å²) in [4.78, 5) is 20.6. The highest BCUT2D eigenvalue weighted by Gasteiger charge is 2.14. The molecule has 1 heterocycles. The Bertz CT molecular complexity index is 661. The van der Waals surface area contributed by atoms with Gasteiger partial charge in [-0.2, -0.15) is 0 Å². The number of carbonyl (C=O) groups excluding carboxylic acids is 1. The van der Waals surface area contributed by atoms with Crippen LogP contribution in [0.1, 0.15) is 21.6 Å². The molecule has 0 fully saturated rings. The number of amides is 1. The number of thioether (sulfide) groups is 1. The number of rotatable bonds is 3. The minimum atomic E-state index is -0.252. The molecule has 0 spiro atoms. The Hall–Kier alpha value is -1.40. The van der Waals surface area contributed by atoms with Gasteiger partial charge < -0.3 is 5.32 Å². The van der Waals surface area contributed by atoms with Crippen LogP contribution in [0.15, 0.2) is 34.0 Å². The van der Waals surface area contributed by atoms with E-state index in [1.807, 2.05) is 38.3 Å². The number of nitrogens with zero attached hydrogens (tertiary/aromatic N) is 2. The zero-order chi connectivity index (χ0) is 14.7. The summed E-state index contributed by atoms with van der Waals surface area (Å²) in [6.45, 7) is 4.05. The van der Waals surface area contributed by atoms with Crippen LogP contribution in [0.4, 0.5) is 5.69 Å². The first-order valence-electron chi connectivity index (χ1n) is 5.96. The molecule has 2 rings (SSSR count). The molecule has 1 aromatic heterocycles. The fourth-order valence-electron chi connectivity index (χ4n) is 1.62. The van der Waals surface area contributed by atoms with Crippen molar-refractivity contribution in [2.75, 3.05) is 11.6 Å². The zero-order valence-electron chi connectivity index (χ0n) is 11.4. The van der Waals surface area contributed by atoms with Gasteiger partial charge in [0.05, 0.1) is 4.47 Å². The standard InChI is InChI=1S/C14H14BrN3OS/c1-8-4-5-10(6-9(8)2)17-13(19)12-11(15)7-16-14(18-12)20-3/h4-7H,1-3H3,(H,17,19). The molecule has 104 valence electrons. The molecule has 6 heteroatoms. The van der Waals surface area contributed by atoms with Crippen LogP contribution in [0, 0.1) is 13.8 Å². The summed E-state index contributed by atoms with van der Waals surface area (Å²) >= 11 is 4.70. The smallest absolute Gasteiger partial charge is 0.275 e. The van der Waals surface area contributed by atoms with E-state index in [4.69, 9.17) is 0 Å². The van der Waals surface area contributed by atoms with Gasteiger partial charge in [-0.15, -0.1) is 0 Å². The molecule has 0 aliphatic carbocycles. The maximum Gasteiger partial charge on any atom is 0.275 e. The van der Waals surface area contributed by atoms with Crippen molar-refractivity contribution < 1.29 is 4.79 Å². The van der Waals surface area contributed by atoms with Gasteiger partial charge in [-0.1, -0.05) is 17.8 Å². The molecule has 0 aliphatic heterocycles. The monoisotopic (exact) mass is 351 g/mol. The molecule has 0 radical (unpaired) electrons. The van der Waals surface area contributed by atoms with Crippen molar-refractivity contribution in [3.8, 4) is 0 Å². The Morgan fingerprint density at radius 3 is 2.70 bits per heavy atom. The summed E-state index contributed by atoms with van der Waals surface area (Å²) in [7, 11) is 0. The third-order valence-electron chi connectivity index (χ3n) is 2.88. The van der Waals surface area contributed by atoms with E-state index in [0.717, 1.165) is 11.3 Å². The number of benzene rings is 1. The predicted octanol–water partition coefficient (Wildman–Crippen LogP) is 3.83. The summed E-state index contributed by atoms with van der Waals surface area (Å²) in [6, 6.07) is 5.80. The third-order valence-corrected chi connectivity index (χ3v) is 4.03. The van der Waals surface area contributed by atoms with Crippen LogP contribution < -0.4 is 5.32 Å². The van der Waals surface area contributed by atoms with Crippen molar-refractivity contribution in [3.63, 3.8) is 0 Å². The van der Waals surface area contributed by atoms with E-state index in [9.17, 15) is 4.79 Å². The fraction of sp³-hybridized carbons (Fsp3) is 0.214. The SMILES string of the molecule is CSc1ncc(Br)c(C(=O)Nc2ccc(C)c(C)c2)n1. The highest BCUT2D eigenvalue weighted by molar-refractivity contribution is 9.10. The number of halogens is 1. The molecule has 1 aromatic carbocycles. The lowest BCUT2D eigenvalue weighted by atomic mass is 10.1. The summed E-state index contributed by atoms with van der Waals surface area (Å²) in [6.07, 6.45) is 3.46. The first kappa shape index (κ1) is 15.0. The average Bonchev–Trinajstić information content (AvgIpc) is 2.43. The van der Waals surface area contributed by atoms with Gasteiger partial charge >= 0.3 is 0 Å². The van der Waals surface area contributed by atoms with E-state index in [1.54, 1.807) is 6.20 Å². The lowest BCUT2D eigenvalue weighted by molar-refractivity contribution is 0.102. The Kier molecular flexibility index (Phi) is 4.77. The Labute approximate surface area is 130 Å². The van der Waals surface area contributed by atoms with Crippen molar-refractivity contribution >= 4 is 39.3 Å². The molecule has 2 aromatic rings. The van der Waals surface area contributed by atoms with Crippen LogP contribution in [0.5, 0.6) is 0 Å². The molecule has 1 amide bonds. The van der Waals surface area contributed by atoms with Crippen LogP contribution >= 0.6 is 27.7 Å². The first-order chi connectivity index (χ1) is 9.51. The Balaban J connectivity index is 2.25. The van der Waals surface area contributed by atoms with E-state index in [2.05, 4.69) is 31.2 Å². The van der Waals surface area contributed by atoms with Crippen molar-refractivity contribution in [3.05, 3.63) is 45.7 Å². The highest BCUT2D eigenvalue weighted by atomic mass is 79.9. The van der Waals surface area contributed by atoms with E-state index >= 15 is 0 Å². The second-order valence-electron chi connectivity index (χ2n) is 4.31. The number of nitrogens with one attached hydrogen (secondary N) is 1. The number of aryl methyl sites for hydroxylation is 2. The van der Waals surface area contributed by atoms with Crippen LogP contribution in [0.25, 0.3) is 0 Å². The summed E-state index contributed by atoms with van der Waals surface area (Å²) in [5.41, 5.74) is 3.42. The lowest BCUT2D eigenvalue weighted by Gasteiger charge is -2.08. The van der Waals surface area contributed by atoms with Crippen molar-refractivity contribution in [1.29, 1.82) is 0 Å². The van der Waals surface area contributed by atoms with Crippen LogP contribution in [0.3, 0.4) is 0 Å². The predicted molar refractivity (Wildman–Crippen MR) is 85.4 cm³/mol. The number of carbonyl (C=O) groups is 1. The fourth-order valence-corrected chi connectivity index (χ4v) is 2.33. The van der Waals surface area contributed by atoms with E-state index in [1.165, 1.54) is 17.3 Å². The first-order valence-corrected chi connectivity index (χ1v) is 7.98. The van der Waals surface area contributed by atoms with E-state index in [0.29, 0.717) is 15.3 Å². The lowest BCUT2D eigenvalue weighted by Crippen LogP contribution is -2.15. The largest absolute Gasteiger partial charge is 0.321 e. The van der Waals surface area contributed by atoms with E-state index in [-0.39, 0.29) is 5.91 Å². The van der Waals surface area contributed by atoms with Crippen molar-refractivity contribution in [2.24, 2.45) is 0 Å². The normalized spacial score (nSPS) is 10.4. The number of aromatic nitrogens is 2. The molecule has 0 atom stereocenters. The molecular weight excluding hydrogens is 338 g/mol. The average molecular weight is 352 g/mol. The minimum Gasteiger partial charge on any atom is -0.321 e. The summed E-state index contributed by atoms with van der Waals surface area (Å²) in [5, 5.41) is 3.42. The van der Waals surface area contributed by atoms with Crippen LogP contribution in [0.2, 0.25) is 0 Å². The molecule has 0 saturated carbocycles. The quantitative estimate of drug-likeness (QED) is 0.674. The van der Waals surface area contributed by atoms with E-state index < -0.39 is 0 Å². The molecule has 0 bridgehead atoms. The zero-order valence-corrected chi connectivity index (χ0v) is 13.8. The molecule has 0 aliphatic rings.